The molecule has 0 aliphatic carbocycles. The molecular weight excluding hydrogens is 686 g/mol. The highest BCUT2D eigenvalue weighted by atomic mass is 16.8. The summed E-state index contributed by atoms with van der Waals surface area (Å²) in [6.07, 6.45) is -22.9. The van der Waals surface area contributed by atoms with Gasteiger partial charge in [-0.05, 0) is 40.2 Å². The minimum atomic E-state index is -1.87. The number of nitrogens with one attached hydrogen (secondary N) is 2. The third-order valence-electron chi connectivity index (χ3n) is 9.27. The molecule has 0 radical (unpaired) electrons. The molecule has 3 rings (SSSR count). The van der Waals surface area contributed by atoms with Crippen LogP contribution in [0.15, 0.2) is 0 Å². The second kappa shape index (κ2) is 20.3. The van der Waals surface area contributed by atoms with Crippen molar-refractivity contribution >= 4 is 6.03 Å². The Bertz CT molecular complexity index is 1030. The molecule has 0 aromatic carbocycles. The highest BCUT2D eigenvalue weighted by Gasteiger charge is 2.56. The lowest BCUT2D eigenvalue weighted by Crippen LogP contribution is -2.69. The van der Waals surface area contributed by atoms with E-state index in [1.54, 1.807) is 20.8 Å². The maximum Gasteiger partial charge on any atom is 0.314 e. The van der Waals surface area contributed by atoms with Crippen molar-refractivity contribution < 1.29 is 83.9 Å². The van der Waals surface area contributed by atoms with Crippen LogP contribution < -0.4 is 16.4 Å². The number of carbonyl (C=O) groups excluding carboxylic acids is 1. The van der Waals surface area contributed by atoms with Crippen LogP contribution in [-0.2, 0) is 33.2 Å². The Hall–Kier alpha value is -1.41. The Balaban J connectivity index is 1.86. The molecule has 0 aromatic heterocycles. The van der Waals surface area contributed by atoms with Crippen LogP contribution >= 0.6 is 0 Å². The molecule has 3 aliphatic rings. The number of amides is 2. The lowest BCUT2D eigenvalue weighted by atomic mass is 9.86. The minimum Gasteiger partial charge on any atom is -0.394 e. The first kappa shape index (κ1) is 44.0. The fourth-order valence-corrected chi connectivity index (χ4v) is 6.04. The van der Waals surface area contributed by atoms with Gasteiger partial charge in [0.15, 0.2) is 12.6 Å². The van der Waals surface area contributed by atoms with E-state index < -0.39 is 129 Å². The van der Waals surface area contributed by atoms with E-state index in [-0.39, 0.29) is 13.2 Å². The van der Waals surface area contributed by atoms with Gasteiger partial charge in [-0.3, -0.25) is 0 Å². The molecular formula is C31H59N3O17. The van der Waals surface area contributed by atoms with Gasteiger partial charge < -0.3 is 95.5 Å². The summed E-state index contributed by atoms with van der Waals surface area (Å²) in [6, 6.07) is -0.441. The Kier molecular flexibility index (Phi) is 17.5. The van der Waals surface area contributed by atoms with E-state index >= 15 is 0 Å². The van der Waals surface area contributed by atoms with E-state index in [4.69, 9.17) is 38.9 Å². The van der Waals surface area contributed by atoms with Gasteiger partial charge in [0.25, 0.3) is 0 Å². The van der Waals surface area contributed by atoms with Crippen molar-refractivity contribution in [2.45, 2.75) is 144 Å². The van der Waals surface area contributed by atoms with Crippen LogP contribution in [-0.4, -0.2) is 202 Å². The lowest BCUT2D eigenvalue weighted by molar-refractivity contribution is -0.388. The highest BCUT2D eigenvalue weighted by Crippen LogP contribution is 2.36. The number of urea groups is 1. The van der Waals surface area contributed by atoms with Gasteiger partial charge in [0.05, 0.1) is 38.1 Å². The molecule has 300 valence electrons. The van der Waals surface area contributed by atoms with Gasteiger partial charge in [0, 0.05) is 13.1 Å². The number of ether oxygens (including phenoxy) is 7. The Morgan fingerprint density at radius 1 is 0.745 bits per heavy atom. The van der Waals surface area contributed by atoms with E-state index in [1.807, 2.05) is 6.92 Å². The molecule has 3 heterocycles. The third kappa shape index (κ3) is 11.1. The van der Waals surface area contributed by atoms with Crippen molar-refractivity contribution in [3.8, 4) is 0 Å². The smallest absolute Gasteiger partial charge is 0.314 e. The molecule has 3 fully saturated rings. The summed E-state index contributed by atoms with van der Waals surface area (Å²) in [5, 5.41) is 101. The Labute approximate surface area is 296 Å². The maximum absolute atomic E-state index is 12.0. The van der Waals surface area contributed by atoms with Crippen LogP contribution in [0, 0.1) is 0 Å². The number of hydrogen-bond donors (Lipinski definition) is 12. The average Bonchev–Trinajstić information content (AvgIpc) is 3.10. The highest BCUT2D eigenvalue weighted by molar-refractivity contribution is 5.73. The molecule has 0 spiro atoms. The first-order valence-corrected chi connectivity index (χ1v) is 17.3. The molecule has 9 unspecified atom stereocenters. The van der Waals surface area contributed by atoms with Gasteiger partial charge in [-0.2, -0.15) is 0 Å². The number of aliphatic hydroxyl groups excluding tert-OH is 9. The van der Waals surface area contributed by atoms with Gasteiger partial charge in [-0.25, -0.2) is 4.79 Å². The molecule has 16 atom stereocenters. The lowest BCUT2D eigenvalue weighted by Gasteiger charge is -2.51. The van der Waals surface area contributed by atoms with Crippen LogP contribution in [0.1, 0.15) is 40.5 Å². The van der Waals surface area contributed by atoms with Gasteiger partial charge in [-0.15, -0.1) is 0 Å². The summed E-state index contributed by atoms with van der Waals surface area (Å²) in [5.41, 5.74) is 4.08. The van der Waals surface area contributed by atoms with Crippen molar-refractivity contribution in [2.75, 3.05) is 46.1 Å². The summed E-state index contributed by atoms with van der Waals surface area (Å²) < 4.78 is 41.3. The molecule has 3 aliphatic heterocycles. The van der Waals surface area contributed by atoms with Crippen LogP contribution in [0.25, 0.3) is 0 Å². The van der Waals surface area contributed by atoms with E-state index in [1.165, 1.54) is 0 Å². The summed E-state index contributed by atoms with van der Waals surface area (Å²) >= 11 is 0. The second-order valence-electron chi connectivity index (χ2n) is 13.5. The maximum atomic E-state index is 12.0. The molecule has 13 N–H and O–H groups in total. The molecule has 3 saturated heterocycles. The minimum absolute atomic E-state index is 0.0514. The summed E-state index contributed by atoms with van der Waals surface area (Å²) in [4.78, 5) is 12.0. The largest absolute Gasteiger partial charge is 0.394 e. The zero-order chi connectivity index (χ0) is 38.0. The average molecular weight is 746 g/mol. The number of rotatable bonds is 18. The van der Waals surface area contributed by atoms with Crippen molar-refractivity contribution in [3.05, 3.63) is 0 Å². The topological polar surface area (TPSA) is 314 Å². The van der Waals surface area contributed by atoms with Crippen LogP contribution in [0.2, 0.25) is 0 Å². The van der Waals surface area contributed by atoms with Crippen molar-refractivity contribution in [3.63, 3.8) is 0 Å². The Morgan fingerprint density at radius 3 is 1.86 bits per heavy atom. The van der Waals surface area contributed by atoms with Gasteiger partial charge >= 0.3 is 6.03 Å². The number of hydrogen-bond acceptors (Lipinski definition) is 18. The molecule has 20 heteroatoms. The van der Waals surface area contributed by atoms with Gasteiger partial charge in [0.2, 0.25) is 0 Å². The first-order valence-electron chi connectivity index (χ1n) is 17.3. The number of nitrogens with two attached hydrogens (primary N) is 1. The first-order chi connectivity index (χ1) is 24.1. The molecule has 51 heavy (non-hydrogen) atoms. The zero-order valence-corrected chi connectivity index (χ0v) is 29.5. The number of aliphatic hydroxyl groups is 9. The third-order valence-corrected chi connectivity index (χ3v) is 9.27. The second-order valence-corrected chi connectivity index (χ2v) is 13.5. The predicted molar refractivity (Wildman–Crippen MR) is 173 cm³/mol. The van der Waals surface area contributed by atoms with Crippen molar-refractivity contribution in [2.24, 2.45) is 5.73 Å². The van der Waals surface area contributed by atoms with Gasteiger partial charge in [0.1, 0.15) is 79.4 Å². The van der Waals surface area contributed by atoms with Gasteiger partial charge in [-0.1, -0.05) is 6.92 Å². The van der Waals surface area contributed by atoms with Crippen LogP contribution in [0.5, 0.6) is 0 Å². The summed E-state index contributed by atoms with van der Waals surface area (Å²) in [7, 11) is 0. The molecule has 0 bridgehead atoms. The molecule has 0 aromatic rings. The standard InChI is InChI=1S/C31H59N3O17/c1-5-14(2)46-24-20(40)17(13-37)48-28(23(24)43)51-26-22(42)19(39)16(12-36)49-29(26)50-25-21(41)18(38)15(11-35)47-27(25)31(3,4)45-10-9-34-30(44)33-8-6-7-32/h14-29,35-43H,5-13,32H2,1-4H3,(H2,33,34,44)/t14?,15?,16?,17?,18-,19-,20-,21?,22?,23-,24?,25?,26?,27+,28+,29-/m1/s1. The fraction of sp³-hybridized carbons (Fsp3) is 0.968. The summed E-state index contributed by atoms with van der Waals surface area (Å²) in [5.74, 6) is 0. The Morgan fingerprint density at radius 2 is 1.27 bits per heavy atom. The predicted octanol–water partition coefficient (Wildman–Crippen LogP) is -5.26. The molecule has 2 amide bonds. The molecule has 0 saturated carbocycles. The van der Waals surface area contributed by atoms with E-state index in [0.717, 1.165) is 0 Å². The number of carbonyl (C=O) groups is 1. The monoisotopic (exact) mass is 745 g/mol. The SMILES string of the molecule is CCC(C)OC1[C@H](O)C(CO)O[C@@H](OC2C(O)[C@H](O)C(CO)O[C@@H]2OC2C(O)[C@H](O)C(CO)O[C@@H]2C(C)(C)OCCNC(=O)NCCCN)[C@@H]1O. The zero-order valence-electron chi connectivity index (χ0n) is 29.5. The van der Waals surface area contributed by atoms with Crippen LogP contribution in [0.3, 0.4) is 0 Å². The van der Waals surface area contributed by atoms with Crippen LogP contribution in [0.4, 0.5) is 4.79 Å². The van der Waals surface area contributed by atoms with E-state index in [2.05, 4.69) is 10.6 Å². The van der Waals surface area contributed by atoms with Crippen molar-refractivity contribution in [1.29, 1.82) is 0 Å². The van der Waals surface area contributed by atoms with E-state index in [9.17, 15) is 50.8 Å². The quantitative estimate of drug-likeness (QED) is 0.0583. The van der Waals surface area contributed by atoms with E-state index in [0.29, 0.717) is 25.9 Å². The normalized spacial score (nSPS) is 39.8. The fourth-order valence-electron chi connectivity index (χ4n) is 6.04. The van der Waals surface area contributed by atoms with Crippen molar-refractivity contribution in [1.82, 2.24) is 10.6 Å². The summed E-state index contributed by atoms with van der Waals surface area (Å²) in [6.45, 7) is 5.29. The molecule has 20 nitrogen and oxygen atoms in total.